The van der Waals surface area contributed by atoms with Crippen LogP contribution < -0.4 is 14.8 Å². The zero-order valence-electron chi connectivity index (χ0n) is 17.9. The van der Waals surface area contributed by atoms with Crippen LogP contribution in [0, 0.1) is 0 Å². The number of benzene rings is 2. The number of amides is 1. The Labute approximate surface area is 192 Å². The van der Waals surface area contributed by atoms with Gasteiger partial charge in [-0.2, -0.15) is 4.31 Å². The van der Waals surface area contributed by atoms with E-state index >= 15 is 0 Å². The zero-order chi connectivity index (χ0) is 22.8. The van der Waals surface area contributed by atoms with Crippen LogP contribution in [0.1, 0.15) is 29.8 Å². The number of nitrogens with one attached hydrogen (secondary N) is 1. The van der Waals surface area contributed by atoms with Crippen LogP contribution in [0.25, 0.3) is 5.69 Å². The molecule has 172 valence electrons. The van der Waals surface area contributed by atoms with Crippen LogP contribution >= 0.6 is 0 Å². The van der Waals surface area contributed by atoms with Gasteiger partial charge < -0.3 is 19.4 Å². The van der Waals surface area contributed by atoms with Gasteiger partial charge in [0.05, 0.1) is 4.90 Å². The predicted octanol–water partition coefficient (Wildman–Crippen LogP) is 3.07. The van der Waals surface area contributed by atoms with E-state index in [-0.39, 0.29) is 16.5 Å². The van der Waals surface area contributed by atoms with E-state index in [1.807, 2.05) is 0 Å². The molecule has 0 atom stereocenters. The number of hydrogen-bond donors (Lipinski definition) is 1. The lowest BCUT2D eigenvalue weighted by molar-refractivity contribution is 0.102. The van der Waals surface area contributed by atoms with Gasteiger partial charge >= 0.3 is 0 Å². The summed E-state index contributed by atoms with van der Waals surface area (Å²) in [5.41, 5.74) is 1.51. The van der Waals surface area contributed by atoms with Crippen LogP contribution in [0.15, 0.2) is 59.9 Å². The molecule has 1 aromatic heterocycles. The van der Waals surface area contributed by atoms with Crippen molar-refractivity contribution in [3.8, 4) is 17.2 Å². The number of nitrogens with zero attached hydrogens (tertiary/aromatic N) is 3. The lowest BCUT2D eigenvalue weighted by atomic mass is 10.2. The van der Waals surface area contributed by atoms with Gasteiger partial charge in [-0.25, -0.2) is 13.4 Å². The number of ether oxygens (including phenoxy) is 2. The van der Waals surface area contributed by atoms with Gasteiger partial charge in [0.15, 0.2) is 11.5 Å². The van der Waals surface area contributed by atoms with Crippen LogP contribution in [-0.2, 0) is 10.0 Å². The highest BCUT2D eigenvalue weighted by atomic mass is 32.2. The molecule has 33 heavy (non-hydrogen) atoms. The molecule has 2 aliphatic heterocycles. The summed E-state index contributed by atoms with van der Waals surface area (Å²) in [6.07, 6.45) is 5.97. The van der Waals surface area contributed by atoms with E-state index in [2.05, 4.69) is 10.3 Å². The van der Waals surface area contributed by atoms with Crippen molar-refractivity contribution in [3.05, 3.63) is 60.7 Å². The second-order valence-corrected chi connectivity index (χ2v) is 9.88. The lowest BCUT2D eigenvalue weighted by Crippen LogP contribution is -2.35. The summed E-state index contributed by atoms with van der Waals surface area (Å²) >= 11 is 0. The first-order valence-corrected chi connectivity index (χ1v) is 12.3. The molecule has 1 fully saturated rings. The quantitative estimate of drug-likeness (QED) is 0.617. The molecule has 0 unspecified atom stereocenters. The minimum Gasteiger partial charge on any atom is -0.486 e. The molecule has 0 spiro atoms. The molecule has 3 heterocycles. The Morgan fingerprint density at radius 2 is 1.67 bits per heavy atom. The number of aromatic nitrogens is 2. The summed E-state index contributed by atoms with van der Waals surface area (Å²) < 4.78 is 39.9. The smallest absolute Gasteiger partial charge is 0.275 e. The van der Waals surface area contributed by atoms with Gasteiger partial charge in [-0.15, -0.1) is 0 Å². The summed E-state index contributed by atoms with van der Waals surface area (Å²) in [7, 11) is -3.49. The highest BCUT2D eigenvalue weighted by molar-refractivity contribution is 7.89. The molecule has 1 amide bonds. The van der Waals surface area contributed by atoms with E-state index < -0.39 is 10.0 Å². The number of fused-ring (bicyclic) bond motifs is 1. The van der Waals surface area contributed by atoms with Crippen LogP contribution in [-0.4, -0.2) is 54.5 Å². The molecule has 0 bridgehead atoms. The normalized spacial score (nSPS) is 16.4. The maximum atomic E-state index is 12.8. The van der Waals surface area contributed by atoms with Crippen LogP contribution in [0.4, 0.5) is 5.69 Å². The van der Waals surface area contributed by atoms with Crippen LogP contribution in [0.2, 0.25) is 0 Å². The first-order chi connectivity index (χ1) is 16.0. The molecule has 0 aliphatic carbocycles. The Morgan fingerprint density at radius 1 is 0.939 bits per heavy atom. The van der Waals surface area contributed by atoms with Crippen molar-refractivity contribution in [2.24, 2.45) is 0 Å². The van der Waals surface area contributed by atoms with Gasteiger partial charge in [-0.1, -0.05) is 6.42 Å². The van der Waals surface area contributed by atoms with Crippen molar-refractivity contribution in [1.82, 2.24) is 13.9 Å². The molecular weight excluding hydrogens is 444 g/mol. The number of rotatable bonds is 5. The number of carbonyl (C=O) groups is 1. The maximum absolute atomic E-state index is 12.8. The highest BCUT2D eigenvalue weighted by Gasteiger charge is 2.25. The molecule has 0 radical (unpaired) electrons. The van der Waals surface area contributed by atoms with Crippen molar-refractivity contribution in [2.45, 2.75) is 24.2 Å². The number of hydrogen-bond acceptors (Lipinski definition) is 6. The molecule has 2 aromatic carbocycles. The van der Waals surface area contributed by atoms with E-state index in [1.54, 1.807) is 57.5 Å². The summed E-state index contributed by atoms with van der Waals surface area (Å²) in [6.45, 7) is 2.09. The van der Waals surface area contributed by atoms with E-state index in [0.29, 0.717) is 49.2 Å². The fourth-order valence-electron chi connectivity index (χ4n) is 3.94. The average molecular weight is 469 g/mol. The number of imidazole rings is 1. The number of sulfonamides is 1. The first kappa shape index (κ1) is 21.5. The minimum atomic E-state index is -3.49. The average Bonchev–Trinajstić information content (AvgIpc) is 3.35. The topological polar surface area (TPSA) is 103 Å². The molecule has 9 nitrogen and oxygen atoms in total. The van der Waals surface area contributed by atoms with Gasteiger partial charge in [-0.05, 0) is 49.2 Å². The van der Waals surface area contributed by atoms with Crippen molar-refractivity contribution in [3.63, 3.8) is 0 Å². The highest BCUT2D eigenvalue weighted by Crippen LogP contribution is 2.32. The van der Waals surface area contributed by atoms with Crippen LogP contribution in [0.5, 0.6) is 11.5 Å². The number of piperidine rings is 1. The second-order valence-electron chi connectivity index (χ2n) is 7.94. The first-order valence-electron chi connectivity index (χ1n) is 10.9. The maximum Gasteiger partial charge on any atom is 0.275 e. The summed E-state index contributed by atoms with van der Waals surface area (Å²) in [4.78, 5) is 17.1. The van der Waals surface area contributed by atoms with E-state index in [4.69, 9.17) is 9.47 Å². The molecule has 3 aromatic rings. The Balaban J connectivity index is 1.28. The molecule has 5 rings (SSSR count). The fraction of sp³-hybridized carbons (Fsp3) is 0.304. The third-order valence-corrected chi connectivity index (χ3v) is 7.62. The Morgan fingerprint density at radius 3 is 2.42 bits per heavy atom. The summed E-state index contributed by atoms with van der Waals surface area (Å²) in [5.74, 6) is 0.869. The van der Waals surface area contributed by atoms with E-state index in [9.17, 15) is 13.2 Å². The third-order valence-electron chi connectivity index (χ3n) is 5.70. The largest absolute Gasteiger partial charge is 0.486 e. The van der Waals surface area contributed by atoms with Gasteiger partial charge in [0.2, 0.25) is 10.0 Å². The molecule has 2 aliphatic rings. The molecule has 10 heteroatoms. The molecule has 1 saturated heterocycles. The van der Waals surface area contributed by atoms with Gasteiger partial charge in [-0.3, -0.25) is 4.79 Å². The van der Waals surface area contributed by atoms with Crippen molar-refractivity contribution in [1.29, 1.82) is 0 Å². The zero-order valence-corrected chi connectivity index (χ0v) is 18.8. The molecular formula is C23H24N4O5S. The predicted molar refractivity (Wildman–Crippen MR) is 122 cm³/mol. The summed E-state index contributed by atoms with van der Waals surface area (Å²) in [5, 5.41) is 2.80. The second kappa shape index (κ2) is 8.87. The Hall–Kier alpha value is -3.37. The number of anilines is 1. The Kier molecular flexibility index (Phi) is 5.77. The molecule has 1 N–H and O–H groups in total. The van der Waals surface area contributed by atoms with Crippen molar-refractivity contribution >= 4 is 21.6 Å². The fourth-order valence-corrected chi connectivity index (χ4v) is 5.46. The van der Waals surface area contributed by atoms with Crippen molar-refractivity contribution < 1.29 is 22.7 Å². The lowest BCUT2D eigenvalue weighted by Gasteiger charge is -2.25. The van der Waals surface area contributed by atoms with Crippen LogP contribution in [0.3, 0.4) is 0 Å². The molecule has 0 saturated carbocycles. The van der Waals surface area contributed by atoms with E-state index in [1.165, 1.54) is 6.33 Å². The van der Waals surface area contributed by atoms with Crippen molar-refractivity contribution in [2.75, 3.05) is 31.6 Å². The van der Waals surface area contributed by atoms with Gasteiger partial charge in [0.1, 0.15) is 25.2 Å². The van der Waals surface area contributed by atoms with E-state index in [0.717, 1.165) is 19.3 Å². The number of carbonyl (C=O) groups excluding carboxylic acids is 1. The van der Waals surface area contributed by atoms with Gasteiger partial charge in [0, 0.05) is 36.7 Å². The Bertz CT molecular complexity index is 1260. The minimum absolute atomic E-state index is 0.231. The third kappa shape index (κ3) is 4.44. The van der Waals surface area contributed by atoms with Gasteiger partial charge in [0.25, 0.3) is 5.91 Å². The monoisotopic (exact) mass is 468 g/mol. The summed E-state index contributed by atoms with van der Waals surface area (Å²) in [6, 6.07) is 11.8. The standard InChI is InChI=1S/C23H24N4O5S/c28-23(25-17-4-9-21-22(14-17)32-13-12-31-21)20-15-26(16-24-20)18-5-7-19(8-6-18)33(29,30)27-10-2-1-3-11-27/h4-9,14-16H,1-3,10-13H2,(H,25,28). The SMILES string of the molecule is O=C(Nc1ccc2c(c1)OCCO2)c1cn(-c2ccc(S(=O)(=O)N3CCCCC3)cc2)cn1.